The first kappa shape index (κ1) is 17.8. The van der Waals surface area contributed by atoms with Crippen LogP contribution in [0.4, 0.5) is 5.82 Å². The molecule has 122 valence electrons. The normalized spacial score (nSPS) is 17.3. The van der Waals surface area contributed by atoms with Gasteiger partial charge in [-0.05, 0) is 6.92 Å². The third-order valence-electron chi connectivity index (χ3n) is 2.94. The van der Waals surface area contributed by atoms with Gasteiger partial charge in [0.05, 0.1) is 12.4 Å². The number of aliphatic carboxylic acids is 1. The summed E-state index contributed by atoms with van der Waals surface area (Å²) >= 11 is 0. The number of carboxylic acids is 1. The minimum atomic E-state index is -0.833. The van der Waals surface area contributed by atoms with E-state index in [4.69, 9.17) is 9.90 Å². The number of aromatic nitrogens is 2. The summed E-state index contributed by atoms with van der Waals surface area (Å²) in [6.07, 6.45) is 3.22. The molecular weight excluding hydrogens is 286 g/mol. The SMILES string of the molecule is CC(=O)O.CC1CN(c2cncc(C(=O)N(C)C)n2)CCN1. The molecule has 1 aliphatic heterocycles. The molecule has 1 unspecified atom stereocenters. The van der Waals surface area contributed by atoms with E-state index in [1.165, 1.54) is 11.1 Å². The molecule has 8 nitrogen and oxygen atoms in total. The summed E-state index contributed by atoms with van der Waals surface area (Å²) in [4.78, 5) is 33.0. The molecule has 2 heterocycles. The number of carbonyl (C=O) groups excluding carboxylic acids is 1. The Kier molecular flexibility index (Phi) is 6.71. The Hall–Kier alpha value is -2.22. The summed E-state index contributed by atoms with van der Waals surface area (Å²) in [5.74, 6) is -0.177. The van der Waals surface area contributed by atoms with Gasteiger partial charge < -0.3 is 20.2 Å². The average molecular weight is 309 g/mol. The highest BCUT2D eigenvalue weighted by atomic mass is 16.4. The van der Waals surface area contributed by atoms with Gasteiger partial charge in [-0.3, -0.25) is 14.6 Å². The smallest absolute Gasteiger partial charge is 0.300 e. The quantitative estimate of drug-likeness (QED) is 0.797. The van der Waals surface area contributed by atoms with Crippen molar-refractivity contribution in [1.29, 1.82) is 0 Å². The van der Waals surface area contributed by atoms with Gasteiger partial charge in [0, 0.05) is 46.7 Å². The van der Waals surface area contributed by atoms with E-state index in [0.717, 1.165) is 32.4 Å². The van der Waals surface area contributed by atoms with Crippen LogP contribution in [0, 0.1) is 0 Å². The van der Waals surface area contributed by atoms with Crippen molar-refractivity contribution >= 4 is 17.7 Å². The number of piperazine rings is 1. The molecule has 0 bridgehead atoms. The van der Waals surface area contributed by atoms with Crippen LogP contribution in [-0.2, 0) is 4.79 Å². The van der Waals surface area contributed by atoms with Crippen molar-refractivity contribution in [2.45, 2.75) is 19.9 Å². The minimum absolute atomic E-state index is 0.118. The fourth-order valence-electron chi connectivity index (χ4n) is 1.98. The highest BCUT2D eigenvalue weighted by Crippen LogP contribution is 2.12. The molecule has 0 spiro atoms. The molecule has 0 aliphatic carbocycles. The largest absolute Gasteiger partial charge is 0.481 e. The molecule has 1 atom stereocenters. The molecule has 1 aromatic rings. The maximum atomic E-state index is 11.8. The van der Waals surface area contributed by atoms with Crippen LogP contribution in [0.25, 0.3) is 0 Å². The first-order valence-corrected chi connectivity index (χ1v) is 7.02. The van der Waals surface area contributed by atoms with Crippen LogP contribution in [0.3, 0.4) is 0 Å². The number of rotatable bonds is 2. The highest BCUT2D eigenvalue weighted by molar-refractivity contribution is 5.91. The number of hydrogen-bond donors (Lipinski definition) is 2. The molecule has 22 heavy (non-hydrogen) atoms. The molecule has 0 radical (unpaired) electrons. The maximum absolute atomic E-state index is 11.8. The lowest BCUT2D eigenvalue weighted by atomic mass is 10.2. The molecule has 1 aliphatic rings. The van der Waals surface area contributed by atoms with E-state index in [9.17, 15) is 4.79 Å². The lowest BCUT2D eigenvalue weighted by Crippen LogP contribution is -2.49. The lowest BCUT2D eigenvalue weighted by Gasteiger charge is -2.32. The lowest BCUT2D eigenvalue weighted by molar-refractivity contribution is -0.134. The number of carbonyl (C=O) groups is 2. The van der Waals surface area contributed by atoms with E-state index < -0.39 is 5.97 Å². The molecule has 1 fully saturated rings. The Morgan fingerprint density at radius 1 is 1.41 bits per heavy atom. The molecule has 1 aromatic heterocycles. The van der Waals surface area contributed by atoms with Crippen LogP contribution >= 0.6 is 0 Å². The van der Waals surface area contributed by atoms with Gasteiger partial charge in [-0.1, -0.05) is 0 Å². The molecule has 1 saturated heterocycles. The Labute approximate surface area is 130 Å². The second kappa shape index (κ2) is 8.28. The number of hydrogen-bond acceptors (Lipinski definition) is 6. The zero-order chi connectivity index (χ0) is 16.7. The predicted molar refractivity (Wildman–Crippen MR) is 83.0 cm³/mol. The maximum Gasteiger partial charge on any atom is 0.300 e. The molecule has 0 aromatic carbocycles. The van der Waals surface area contributed by atoms with Crippen LogP contribution in [0.15, 0.2) is 12.4 Å². The Morgan fingerprint density at radius 2 is 2.05 bits per heavy atom. The van der Waals surface area contributed by atoms with Crippen LogP contribution in [-0.4, -0.2) is 71.6 Å². The van der Waals surface area contributed by atoms with Crippen LogP contribution in [0.2, 0.25) is 0 Å². The van der Waals surface area contributed by atoms with E-state index in [-0.39, 0.29) is 5.91 Å². The number of nitrogens with zero attached hydrogens (tertiary/aromatic N) is 4. The van der Waals surface area contributed by atoms with Crippen LogP contribution in [0.5, 0.6) is 0 Å². The first-order chi connectivity index (χ1) is 10.3. The van der Waals surface area contributed by atoms with Crippen molar-refractivity contribution in [3.05, 3.63) is 18.1 Å². The number of amides is 1. The molecule has 8 heteroatoms. The topological polar surface area (TPSA) is 98.7 Å². The zero-order valence-electron chi connectivity index (χ0n) is 13.4. The summed E-state index contributed by atoms with van der Waals surface area (Å²) in [6, 6.07) is 0.425. The van der Waals surface area contributed by atoms with Crippen molar-refractivity contribution in [3.8, 4) is 0 Å². The second-order valence-electron chi connectivity index (χ2n) is 5.28. The van der Waals surface area contributed by atoms with E-state index in [1.54, 1.807) is 20.3 Å². The van der Waals surface area contributed by atoms with Gasteiger partial charge >= 0.3 is 0 Å². The van der Waals surface area contributed by atoms with E-state index in [2.05, 4.69) is 27.1 Å². The second-order valence-corrected chi connectivity index (χ2v) is 5.28. The van der Waals surface area contributed by atoms with Gasteiger partial charge in [0.1, 0.15) is 11.5 Å². The predicted octanol–water partition coefficient (Wildman–Crippen LogP) is 0.0674. The molecule has 2 rings (SSSR count). The summed E-state index contributed by atoms with van der Waals surface area (Å²) in [5.41, 5.74) is 0.392. The van der Waals surface area contributed by atoms with Crippen molar-refractivity contribution in [2.24, 2.45) is 0 Å². The third kappa shape index (κ3) is 5.65. The number of nitrogens with one attached hydrogen (secondary N) is 1. The molecule has 1 amide bonds. The van der Waals surface area contributed by atoms with Gasteiger partial charge in [-0.2, -0.15) is 0 Å². The molecular formula is C14H23N5O3. The van der Waals surface area contributed by atoms with E-state index in [0.29, 0.717) is 11.7 Å². The van der Waals surface area contributed by atoms with Gasteiger partial charge in [-0.15, -0.1) is 0 Å². The fraction of sp³-hybridized carbons (Fsp3) is 0.571. The van der Waals surface area contributed by atoms with Crippen molar-refractivity contribution < 1.29 is 14.7 Å². The molecule has 2 N–H and O–H groups in total. The summed E-state index contributed by atoms with van der Waals surface area (Å²) in [6.45, 7) is 5.91. The van der Waals surface area contributed by atoms with Crippen molar-refractivity contribution in [2.75, 3.05) is 38.6 Å². The molecule has 0 saturated carbocycles. The highest BCUT2D eigenvalue weighted by Gasteiger charge is 2.19. The summed E-state index contributed by atoms with van der Waals surface area (Å²) in [7, 11) is 3.42. The Morgan fingerprint density at radius 3 is 2.59 bits per heavy atom. The van der Waals surface area contributed by atoms with Gasteiger partial charge in [-0.25, -0.2) is 4.98 Å². The van der Waals surface area contributed by atoms with Gasteiger partial charge in [0.2, 0.25) is 0 Å². The standard InChI is InChI=1S/C12H19N5O.C2H4O2/c1-9-8-17(5-4-14-9)11-7-13-6-10(15-11)12(18)16(2)3;1-2(3)4/h6-7,9,14H,4-5,8H2,1-3H3;1H3,(H,3,4). The Bertz CT molecular complexity index is 517. The van der Waals surface area contributed by atoms with Crippen LogP contribution < -0.4 is 10.2 Å². The zero-order valence-corrected chi connectivity index (χ0v) is 13.4. The first-order valence-electron chi connectivity index (χ1n) is 7.02. The minimum Gasteiger partial charge on any atom is -0.481 e. The van der Waals surface area contributed by atoms with Gasteiger partial charge in [0.25, 0.3) is 11.9 Å². The van der Waals surface area contributed by atoms with Gasteiger partial charge in [0.15, 0.2) is 0 Å². The number of anilines is 1. The van der Waals surface area contributed by atoms with Crippen molar-refractivity contribution in [1.82, 2.24) is 20.2 Å². The summed E-state index contributed by atoms with van der Waals surface area (Å²) < 4.78 is 0. The fourth-order valence-corrected chi connectivity index (χ4v) is 1.98. The monoisotopic (exact) mass is 309 g/mol. The summed E-state index contributed by atoms with van der Waals surface area (Å²) in [5, 5.41) is 10.8. The van der Waals surface area contributed by atoms with E-state index in [1.807, 2.05) is 0 Å². The van der Waals surface area contributed by atoms with Crippen LogP contribution in [0.1, 0.15) is 24.3 Å². The van der Waals surface area contributed by atoms with E-state index >= 15 is 0 Å². The Balaban J connectivity index is 0.000000541. The van der Waals surface area contributed by atoms with Crippen molar-refractivity contribution in [3.63, 3.8) is 0 Å². The number of carboxylic acid groups (broad SMARTS) is 1. The third-order valence-corrected chi connectivity index (χ3v) is 2.94. The average Bonchev–Trinajstić information content (AvgIpc) is 2.46.